The average Bonchev–Trinajstić information content (AvgIpc) is 3.43. The summed E-state index contributed by atoms with van der Waals surface area (Å²) in [6, 6.07) is 9.16. The molecule has 4 aromatic rings. The van der Waals surface area contributed by atoms with Crippen molar-refractivity contribution in [1.29, 1.82) is 0 Å². The van der Waals surface area contributed by atoms with E-state index in [0.717, 1.165) is 10.7 Å². The molecule has 1 aliphatic heterocycles. The van der Waals surface area contributed by atoms with Gasteiger partial charge in [-0.3, -0.25) is 9.59 Å². The number of aromatic nitrogens is 3. The van der Waals surface area contributed by atoms with Gasteiger partial charge in [-0.2, -0.15) is 5.10 Å². The number of ether oxygens (including phenoxy) is 1. The van der Waals surface area contributed by atoms with Crippen LogP contribution in [-0.4, -0.2) is 53.5 Å². The Morgan fingerprint density at radius 1 is 1.15 bits per heavy atom. The lowest BCUT2D eigenvalue weighted by Gasteiger charge is -2.08. The van der Waals surface area contributed by atoms with Crippen LogP contribution in [0.3, 0.4) is 0 Å². The van der Waals surface area contributed by atoms with Gasteiger partial charge < -0.3 is 15.8 Å². The summed E-state index contributed by atoms with van der Waals surface area (Å²) in [5.41, 5.74) is 6.72. The number of hydrogen-bond donors (Lipinski definition) is 2. The molecule has 1 amide bonds. The van der Waals surface area contributed by atoms with Gasteiger partial charge in [0.15, 0.2) is 27.1 Å². The summed E-state index contributed by atoms with van der Waals surface area (Å²) in [6.45, 7) is 1.33. The van der Waals surface area contributed by atoms with Crippen LogP contribution in [0.5, 0.6) is 0 Å². The third kappa shape index (κ3) is 6.24. The van der Waals surface area contributed by atoms with Gasteiger partial charge in [0.25, 0.3) is 5.91 Å². The third-order valence-electron chi connectivity index (χ3n) is 6.03. The van der Waals surface area contributed by atoms with E-state index in [4.69, 9.17) is 17.3 Å². The zero-order valence-electron chi connectivity index (χ0n) is 21.5. The molecule has 1 atom stereocenters. The number of amides is 1. The van der Waals surface area contributed by atoms with Crippen molar-refractivity contribution in [3.05, 3.63) is 93.4 Å². The van der Waals surface area contributed by atoms with Gasteiger partial charge >= 0.3 is 5.97 Å². The molecule has 2 aromatic carbocycles. The number of methoxy groups -OCH3 is 1. The first-order valence-electron chi connectivity index (χ1n) is 11.8. The molecule has 1 aliphatic rings. The van der Waals surface area contributed by atoms with Gasteiger partial charge in [0.1, 0.15) is 17.2 Å². The van der Waals surface area contributed by atoms with E-state index in [1.807, 2.05) is 0 Å². The number of sulfone groups is 1. The maximum Gasteiger partial charge on any atom is 0.337 e. The van der Waals surface area contributed by atoms with Gasteiger partial charge in [0.2, 0.25) is 0 Å². The molecule has 0 saturated carbocycles. The SMILES string of the molecule is CC(=O)c1cc(C(=O)NCc2ccc(F)c(Cl)c2)nc2c(F)cnn12.COC(=O)c1ccc2c(c1)S(=O)(=O)CC2N. The third-order valence-corrected chi connectivity index (χ3v) is 8.14. The summed E-state index contributed by atoms with van der Waals surface area (Å²) in [6.07, 6.45) is 0.914. The first-order chi connectivity index (χ1) is 19.3. The van der Waals surface area contributed by atoms with Crippen molar-refractivity contribution >= 4 is 44.7 Å². The minimum absolute atomic E-state index is 0.0314. The van der Waals surface area contributed by atoms with Crippen LogP contribution in [0.4, 0.5) is 8.78 Å². The number of hydrogen-bond acceptors (Lipinski definition) is 9. The van der Waals surface area contributed by atoms with Gasteiger partial charge in [0, 0.05) is 19.5 Å². The zero-order chi connectivity index (χ0) is 30.1. The first kappa shape index (κ1) is 29.7. The van der Waals surface area contributed by atoms with Crippen molar-refractivity contribution in [3.63, 3.8) is 0 Å². The summed E-state index contributed by atoms with van der Waals surface area (Å²) >= 11 is 5.68. The molecule has 0 bridgehead atoms. The predicted octanol–water partition coefficient (Wildman–Crippen LogP) is 3.05. The van der Waals surface area contributed by atoms with E-state index in [1.165, 1.54) is 50.4 Å². The van der Waals surface area contributed by atoms with Crippen molar-refractivity contribution in [1.82, 2.24) is 19.9 Å². The Bertz CT molecular complexity index is 1810. The monoisotopic (exact) mass is 605 g/mol. The van der Waals surface area contributed by atoms with Gasteiger partial charge in [0.05, 0.1) is 34.5 Å². The standard InChI is InChI=1S/C16H11ClF2N4O2.C10H11NO4S/c1-8(24)14-5-13(22-15-12(19)7-21-23(14)15)16(25)20-6-9-2-3-11(18)10(17)4-9;1-15-10(12)6-2-3-7-8(11)5-16(13,14)9(7)4-6/h2-5,7H,6H2,1H3,(H,20,25);2-4,8H,5,11H2,1H3. The zero-order valence-corrected chi connectivity index (χ0v) is 23.1. The molecule has 3 N–H and O–H groups in total. The van der Waals surface area contributed by atoms with Crippen LogP contribution in [0.25, 0.3) is 5.65 Å². The van der Waals surface area contributed by atoms with E-state index < -0.39 is 45.2 Å². The number of rotatable bonds is 5. The lowest BCUT2D eigenvalue weighted by molar-refractivity contribution is 0.0600. The number of ketones is 1. The number of halogens is 3. The van der Waals surface area contributed by atoms with Crippen molar-refractivity contribution in [2.45, 2.75) is 24.4 Å². The van der Waals surface area contributed by atoms with Crippen molar-refractivity contribution in [3.8, 4) is 0 Å². The maximum absolute atomic E-state index is 13.7. The van der Waals surface area contributed by atoms with Gasteiger partial charge in [-0.1, -0.05) is 23.7 Å². The molecule has 41 heavy (non-hydrogen) atoms. The second-order valence-electron chi connectivity index (χ2n) is 8.87. The molecular weight excluding hydrogens is 584 g/mol. The summed E-state index contributed by atoms with van der Waals surface area (Å²) in [5.74, 6) is -2.99. The van der Waals surface area contributed by atoms with Gasteiger partial charge in [-0.25, -0.2) is 31.5 Å². The highest BCUT2D eigenvalue weighted by Gasteiger charge is 2.33. The highest BCUT2D eigenvalue weighted by molar-refractivity contribution is 7.91. The van der Waals surface area contributed by atoms with E-state index in [-0.39, 0.29) is 44.8 Å². The second-order valence-corrected chi connectivity index (χ2v) is 11.3. The van der Waals surface area contributed by atoms with Crippen LogP contribution in [0, 0.1) is 11.6 Å². The number of fused-ring (bicyclic) bond motifs is 2. The average molecular weight is 606 g/mol. The molecule has 0 fully saturated rings. The van der Waals surface area contributed by atoms with Crippen LogP contribution in [0.15, 0.2) is 53.6 Å². The quantitative estimate of drug-likeness (QED) is 0.257. The summed E-state index contributed by atoms with van der Waals surface area (Å²) in [5, 5.41) is 6.22. The van der Waals surface area contributed by atoms with E-state index >= 15 is 0 Å². The fourth-order valence-corrected chi connectivity index (χ4v) is 5.92. The Kier molecular flexibility index (Phi) is 8.47. The maximum atomic E-state index is 13.7. The normalized spacial score (nSPS) is 15.0. The molecule has 0 spiro atoms. The summed E-state index contributed by atoms with van der Waals surface area (Å²) < 4.78 is 55.8. The lowest BCUT2D eigenvalue weighted by Crippen LogP contribution is -2.25. The molecule has 0 radical (unpaired) electrons. The van der Waals surface area contributed by atoms with Crippen LogP contribution >= 0.6 is 11.6 Å². The fourth-order valence-electron chi connectivity index (χ4n) is 4.00. The van der Waals surface area contributed by atoms with Crippen LogP contribution in [-0.2, 0) is 21.1 Å². The number of nitrogens with zero attached hydrogens (tertiary/aromatic N) is 3. The highest BCUT2D eigenvalue weighted by atomic mass is 35.5. The topological polar surface area (TPSA) is 163 Å². The number of nitrogens with two attached hydrogens (primary N) is 1. The molecule has 0 aliphatic carbocycles. The Labute approximate surface area is 237 Å². The highest BCUT2D eigenvalue weighted by Crippen LogP contribution is 2.32. The largest absolute Gasteiger partial charge is 0.465 e. The smallest absolute Gasteiger partial charge is 0.337 e. The number of esters is 1. The number of carbonyl (C=O) groups excluding carboxylic acids is 3. The molecule has 1 unspecified atom stereocenters. The van der Waals surface area contributed by atoms with Crippen molar-refractivity contribution in [2.75, 3.05) is 12.9 Å². The van der Waals surface area contributed by atoms with E-state index in [9.17, 15) is 31.6 Å². The Morgan fingerprint density at radius 2 is 1.88 bits per heavy atom. The Balaban J connectivity index is 0.000000208. The number of Topliss-reactive ketones (excluding diaryl/α,β-unsaturated/α-hetero) is 1. The van der Waals surface area contributed by atoms with Crippen LogP contribution < -0.4 is 11.1 Å². The van der Waals surface area contributed by atoms with Crippen molar-refractivity contribution < 1.29 is 36.3 Å². The van der Waals surface area contributed by atoms with E-state index in [1.54, 1.807) is 6.07 Å². The lowest BCUT2D eigenvalue weighted by atomic mass is 10.1. The molecule has 3 heterocycles. The summed E-state index contributed by atoms with van der Waals surface area (Å²) in [7, 11) is -2.11. The number of carbonyl (C=O) groups is 3. The van der Waals surface area contributed by atoms with Crippen molar-refractivity contribution in [2.24, 2.45) is 5.73 Å². The predicted molar refractivity (Wildman–Crippen MR) is 142 cm³/mol. The molecule has 0 saturated heterocycles. The van der Waals surface area contributed by atoms with Gasteiger partial charge in [-0.15, -0.1) is 0 Å². The molecule has 2 aromatic heterocycles. The Morgan fingerprint density at radius 3 is 2.54 bits per heavy atom. The molecular formula is C26H22ClF2N5O6S. The fraction of sp³-hybridized carbons (Fsp3) is 0.192. The molecule has 11 nitrogen and oxygen atoms in total. The summed E-state index contributed by atoms with van der Waals surface area (Å²) in [4.78, 5) is 39.3. The second kappa shape index (κ2) is 11.7. The van der Waals surface area contributed by atoms with E-state index in [0.29, 0.717) is 11.1 Å². The minimum atomic E-state index is -3.35. The molecule has 214 valence electrons. The molecule has 5 rings (SSSR count). The van der Waals surface area contributed by atoms with Crippen LogP contribution in [0.1, 0.15) is 55.4 Å². The Hall–Kier alpha value is -4.27. The molecule has 15 heteroatoms. The van der Waals surface area contributed by atoms with Gasteiger partial charge in [-0.05, 0) is 41.5 Å². The van der Waals surface area contributed by atoms with Crippen LogP contribution in [0.2, 0.25) is 5.02 Å². The first-order valence-corrected chi connectivity index (χ1v) is 13.8. The number of nitrogens with one attached hydrogen (secondary N) is 1. The number of benzene rings is 2. The minimum Gasteiger partial charge on any atom is -0.465 e. The van der Waals surface area contributed by atoms with E-state index in [2.05, 4.69) is 20.1 Å².